The number of fused-ring (bicyclic) bond motifs is 1. The zero-order valence-electron chi connectivity index (χ0n) is 7.04. The Morgan fingerprint density at radius 2 is 2.43 bits per heavy atom. The first-order valence-corrected chi connectivity index (χ1v) is 3.88. The van der Waals surface area contributed by atoms with Gasteiger partial charge >= 0.3 is 5.65 Å². The maximum absolute atomic E-state index is 11.1. The van der Waals surface area contributed by atoms with Crippen LogP contribution in [0.5, 0.6) is 0 Å². The molecule has 8 heteroatoms. The van der Waals surface area contributed by atoms with E-state index in [1.54, 1.807) is 0 Å². The van der Waals surface area contributed by atoms with Crippen molar-refractivity contribution >= 4 is 17.0 Å². The fourth-order valence-electron chi connectivity index (χ4n) is 1.02. The van der Waals surface area contributed by atoms with Crippen molar-refractivity contribution in [3.05, 3.63) is 11.5 Å². The fourth-order valence-corrected chi connectivity index (χ4v) is 1.02. The quantitative estimate of drug-likeness (QED) is 0.585. The molecule has 2 rings (SSSR count). The van der Waals surface area contributed by atoms with Crippen LogP contribution in [0.1, 0.15) is 0 Å². The Labute approximate surface area is 77.7 Å². The molecule has 0 unspecified atom stereocenters. The molecule has 2 aromatic rings. The van der Waals surface area contributed by atoms with Crippen LogP contribution in [0.15, 0.2) is 11.0 Å². The monoisotopic (exact) mass is 197 g/mol. The number of anilines is 1. The highest BCUT2D eigenvalue weighted by atomic mass is 16.8. The lowest BCUT2D eigenvalue weighted by atomic mass is 10.5. The highest BCUT2D eigenvalue weighted by Gasteiger charge is 2.16. The minimum Gasteiger partial charge on any atom is -0.395 e. The SMILES string of the molecule is [O-][n+]1onc2ncnc(NCCO)c21. The van der Waals surface area contributed by atoms with E-state index in [1.165, 1.54) is 6.33 Å². The average molecular weight is 197 g/mol. The van der Waals surface area contributed by atoms with E-state index in [4.69, 9.17) is 5.11 Å². The second kappa shape index (κ2) is 3.42. The molecule has 14 heavy (non-hydrogen) atoms. The summed E-state index contributed by atoms with van der Waals surface area (Å²) in [7, 11) is 0. The number of hydrogen-bond acceptors (Lipinski definition) is 7. The lowest BCUT2D eigenvalue weighted by molar-refractivity contribution is -0.782. The number of rotatable bonds is 3. The lowest BCUT2D eigenvalue weighted by Gasteiger charge is -2.00. The van der Waals surface area contributed by atoms with Gasteiger partial charge in [0.05, 0.1) is 11.8 Å². The molecule has 0 bridgehead atoms. The Kier molecular flexibility index (Phi) is 2.11. The molecular weight excluding hydrogens is 190 g/mol. The van der Waals surface area contributed by atoms with Gasteiger partial charge in [-0.15, -0.1) is 0 Å². The Morgan fingerprint density at radius 1 is 1.57 bits per heavy atom. The minimum absolute atomic E-state index is 0.0599. The van der Waals surface area contributed by atoms with Gasteiger partial charge in [0.1, 0.15) is 6.33 Å². The van der Waals surface area contributed by atoms with E-state index in [-0.39, 0.29) is 29.2 Å². The van der Waals surface area contributed by atoms with E-state index >= 15 is 0 Å². The minimum atomic E-state index is -0.0599. The fraction of sp³-hybridized carbons (Fsp3) is 0.333. The largest absolute Gasteiger partial charge is 0.395 e. The molecule has 0 saturated carbocycles. The smallest absolute Gasteiger partial charge is 0.345 e. The van der Waals surface area contributed by atoms with Crippen molar-refractivity contribution in [2.45, 2.75) is 0 Å². The second-order valence-corrected chi connectivity index (χ2v) is 2.47. The van der Waals surface area contributed by atoms with Crippen molar-refractivity contribution in [3.8, 4) is 0 Å². The number of aliphatic hydroxyl groups excluding tert-OH is 1. The van der Waals surface area contributed by atoms with Crippen LogP contribution < -0.4 is 10.2 Å². The van der Waals surface area contributed by atoms with Gasteiger partial charge in [-0.05, 0) is 4.90 Å². The molecule has 0 atom stereocenters. The van der Waals surface area contributed by atoms with Gasteiger partial charge < -0.3 is 15.6 Å². The van der Waals surface area contributed by atoms with E-state index < -0.39 is 0 Å². The van der Waals surface area contributed by atoms with Crippen LogP contribution in [0, 0.1) is 5.21 Å². The zero-order valence-corrected chi connectivity index (χ0v) is 7.04. The molecule has 0 aromatic carbocycles. The predicted molar refractivity (Wildman–Crippen MR) is 44.1 cm³/mol. The molecule has 74 valence electrons. The normalized spacial score (nSPS) is 10.6. The van der Waals surface area contributed by atoms with Gasteiger partial charge in [-0.25, -0.2) is 4.98 Å². The molecule has 0 aliphatic rings. The molecule has 0 radical (unpaired) electrons. The van der Waals surface area contributed by atoms with Crippen molar-refractivity contribution in [1.82, 2.24) is 15.1 Å². The second-order valence-electron chi connectivity index (χ2n) is 2.47. The Hall–Kier alpha value is -1.96. The highest BCUT2D eigenvalue weighted by molar-refractivity contribution is 5.77. The average Bonchev–Trinajstić information content (AvgIpc) is 2.58. The van der Waals surface area contributed by atoms with Gasteiger partial charge in [0.2, 0.25) is 0 Å². The molecule has 0 aliphatic heterocycles. The lowest BCUT2D eigenvalue weighted by Crippen LogP contribution is -2.24. The highest BCUT2D eigenvalue weighted by Crippen LogP contribution is 2.11. The summed E-state index contributed by atoms with van der Waals surface area (Å²) in [6.07, 6.45) is 1.25. The third-order valence-electron chi connectivity index (χ3n) is 1.59. The van der Waals surface area contributed by atoms with Crippen molar-refractivity contribution < 1.29 is 14.6 Å². The standard InChI is InChI=1S/C6H7N5O3/c12-2-1-7-5-4-6(9-3-8-5)10-14-11(4)13/h3,12H,1-2H2,(H,7,8,9,10). The first-order chi connectivity index (χ1) is 6.83. The number of hydrogen-bond donors (Lipinski definition) is 2. The van der Waals surface area contributed by atoms with Crippen LogP contribution in [0.4, 0.5) is 5.82 Å². The molecular formula is C6H7N5O3. The summed E-state index contributed by atoms with van der Waals surface area (Å²) in [5.74, 6) is 0.292. The molecule has 2 N–H and O–H groups in total. The summed E-state index contributed by atoms with van der Waals surface area (Å²) < 4.78 is 4.34. The summed E-state index contributed by atoms with van der Waals surface area (Å²) in [5.41, 5.74) is 0.302. The molecule has 0 aliphatic carbocycles. The van der Waals surface area contributed by atoms with E-state index in [2.05, 4.69) is 25.1 Å². The van der Waals surface area contributed by atoms with Gasteiger partial charge in [0.25, 0.3) is 5.52 Å². The van der Waals surface area contributed by atoms with Crippen molar-refractivity contribution in [3.63, 3.8) is 0 Å². The van der Waals surface area contributed by atoms with E-state index in [9.17, 15) is 5.21 Å². The topological polar surface area (TPSA) is 111 Å². The molecule has 0 saturated heterocycles. The molecule has 8 nitrogen and oxygen atoms in total. The Balaban J connectivity index is 2.46. The van der Waals surface area contributed by atoms with Crippen LogP contribution in [0.2, 0.25) is 0 Å². The van der Waals surface area contributed by atoms with E-state index in [0.717, 1.165) is 0 Å². The van der Waals surface area contributed by atoms with Gasteiger partial charge in [-0.1, -0.05) is 0 Å². The Morgan fingerprint density at radius 3 is 3.21 bits per heavy atom. The molecule has 0 amide bonds. The number of aromatic nitrogens is 4. The summed E-state index contributed by atoms with van der Waals surface area (Å²) >= 11 is 0. The summed E-state index contributed by atoms with van der Waals surface area (Å²) in [6, 6.07) is 0. The van der Waals surface area contributed by atoms with Gasteiger partial charge in [0, 0.05) is 6.54 Å². The molecule has 0 fully saturated rings. The maximum atomic E-state index is 11.1. The number of nitrogens with zero attached hydrogens (tertiary/aromatic N) is 4. The van der Waals surface area contributed by atoms with Gasteiger partial charge in [0.15, 0.2) is 5.82 Å². The summed E-state index contributed by atoms with van der Waals surface area (Å²) in [6.45, 7) is 0.229. The van der Waals surface area contributed by atoms with Crippen molar-refractivity contribution in [1.29, 1.82) is 0 Å². The van der Waals surface area contributed by atoms with Crippen molar-refractivity contribution in [2.24, 2.45) is 0 Å². The Bertz CT molecular complexity index is 442. The van der Waals surface area contributed by atoms with Crippen LogP contribution in [-0.2, 0) is 0 Å². The summed E-state index contributed by atoms with van der Waals surface area (Å²) in [4.78, 5) is 7.77. The predicted octanol–water partition coefficient (Wildman–Crippen LogP) is -1.34. The first-order valence-electron chi connectivity index (χ1n) is 3.88. The maximum Gasteiger partial charge on any atom is 0.345 e. The molecule has 2 heterocycles. The van der Waals surface area contributed by atoms with Crippen LogP contribution in [0.3, 0.4) is 0 Å². The summed E-state index contributed by atoms with van der Waals surface area (Å²) in [5, 5.41) is 25.8. The van der Waals surface area contributed by atoms with E-state index in [0.29, 0.717) is 5.82 Å². The van der Waals surface area contributed by atoms with Gasteiger partial charge in [-0.3, -0.25) is 4.63 Å². The van der Waals surface area contributed by atoms with E-state index in [1.807, 2.05) is 0 Å². The third kappa shape index (κ3) is 1.31. The molecule has 2 aromatic heterocycles. The van der Waals surface area contributed by atoms with Crippen LogP contribution >= 0.6 is 0 Å². The first kappa shape index (κ1) is 8.63. The molecule has 0 spiro atoms. The van der Waals surface area contributed by atoms with Crippen LogP contribution in [0.25, 0.3) is 11.2 Å². The zero-order chi connectivity index (χ0) is 9.97. The van der Waals surface area contributed by atoms with Crippen molar-refractivity contribution in [2.75, 3.05) is 18.5 Å². The van der Waals surface area contributed by atoms with Gasteiger partial charge in [-0.2, -0.15) is 4.98 Å². The number of nitrogens with one attached hydrogen (secondary N) is 1. The third-order valence-corrected chi connectivity index (χ3v) is 1.59. The number of aliphatic hydroxyl groups is 1. The van der Waals surface area contributed by atoms with Crippen LogP contribution in [-0.4, -0.2) is 33.4 Å².